The molecule has 2 N–H and O–H groups in total. The zero-order chi connectivity index (χ0) is 16.3. The summed E-state index contributed by atoms with van der Waals surface area (Å²) >= 11 is 5.97. The number of nitrogens with zero attached hydrogens (tertiary/aromatic N) is 1. The summed E-state index contributed by atoms with van der Waals surface area (Å²) in [5.41, 5.74) is -0.0128. The molecule has 0 bridgehead atoms. The van der Waals surface area contributed by atoms with Crippen LogP contribution in [-0.2, 0) is 16.6 Å². The topological polar surface area (TPSA) is 101 Å². The molecule has 0 atom stereocenters. The molecule has 1 rings (SSSR count). The maximum absolute atomic E-state index is 11.2. The van der Waals surface area contributed by atoms with E-state index in [0.717, 1.165) is 6.26 Å². The first kappa shape index (κ1) is 17.8. The molecule has 0 saturated carbocycles. The summed E-state index contributed by atoms with van der Waals surface area (Å²) < 4.78 is 24.9. The van der Waals surface area contributed by atoms with Crippen molar-refractivity contribution in [3.8, 4) is 0 Å². The predicted octanol–water partition coefficient (Wildman–Crippen LogP) is 1.67. The number of benzene rings is 1. The van der Waals surface area contributed by atoms with Crippen molar-refractivity contribution in [1.82, 2.24) is 10.0 Å². The fraction of sp³-hybridized carbons (Fsp3) is 0.500. The minimum absolute atomic E-state index is 0.0668. The number of halogens is 1. The lowest BCUT2D eigenvalue weighted by molar-refractivity contribution is -0.384. The number of nitro benzene ring substituents is 1. The largest absolute Gasteiger partial charge is 0.311 e. The maximum Gasteiger partial charge on any atom is 0.270 e. The van der Waals surface area contributed by atoms with E-state index < -0.39 is 20.5 Å². The van der Waals surface area contributed by atoms with Crippen LogP contribution >= 0.6 is 11.6 Å². The van der Waals surface area contributed by atoms with Crippen molar-refractivity contribution in [3.05, 3.63) is 38.9 Å². The first-order chi connectivity index (χ1) is 9.50. The van der Waals surface area contributed by atoms with E-state index in [4.69, 9.17) is 11.6 Å². The molecule has 21 heavy (non-hydrogen) atoms. The van der Waals surface area contributed by atoms with E-state index >= 15 is 0 Å². The fourth-order valence-electron chi connectivity index (χ4n) is 1.84. The van der Waals surface area contributed by atoms with Crippen molar-refractivity contribution in [2.75, 3.05) is 12.8 Å². The number of hydrogen-bond donors (Lipinski definition) is 2. The van der Waals surface area contributed by atoms with Gasteiger partial charge in [-0.3, -0.25) is 10.1 Å². The van der Waals surface area contributed by atoms with E-state index in [1.54, 1.807) is 19.9 Å². The van der Waals surface area contributed by atoms with Gasteiger partial charge in [0.1, 0.15) is 0 Å². The summed E-state index contributed by atoms with van der Waals surface area (Å²) in [7, 11) is -3.29. The average molecular weight is 336 g/mol. The number of hydrogen-bond acceptors (Lipinski definition) is 5. The Morgan fingerprint density at radius 1 is 1.38 bits per heavy atom. The molecule has 0 fully saturated rings. The smallest absolute Gasteiger partial charge is 0.270 e. The maximum atomic E-state index is 11.2. The normalized spacial score (nSPS) is 12.4. The van der Waals surface area contributed by atoms with Crippen LogP contribution in [0.25, 0.3) is 0 Å². The van der Waals surface area contributed by atoms with Crippen molar-refractivity contribution in [2.45, 2.75) is 25.9 Å². The third kappa shape index (κ3) is 6.38. The minimum Gasteiger partial charge on any atom is -0.311 e. The Kier molecular flexibility index (Phi) is 5.68. The Morgan fingerprint density at radius 3 is 2.48 bits per heavy atom. The van der Waals surface area contributed by atoms with Crippen LogP contribution in [0.2, 0.25) is 5.02 Å². The lowest BCUT2D eigenvalue weighted by atomic mass is 10.1. The van der Waals surface area contributed by atoms with Crippen LogP contribution in [0.4, 0.5) is 5.69 Å². The van der Waals surface area contributed by atoms with Gasteiger partial charge in [0.05, 0.1) is 16.2 Å². The third-order valence-electron chi connectivity index (χ3n) is 2.59. The third-order valence-corrected chi connectivity index (χ3v) is 3.87. The van der Waals surface area contributed by atoms with Gasteiger partial charge >= 0.3 is 0 Å². The Balaban J connectivity index is 2.62. The molecule has 7 nitrogen and oxygen atoms in total. The van der Waals surface area contributed by atoms with Crippen LogP contribution in [0.5, 0.6) is 0 Å². The molecule has 1 aromatic carbocycles. The monoisotopic (exact) mass is 335 g/mol. The molecule has 0 amide bonds. The first-order valence-electron chi connectivity index (χ1n) is 6.13. The van der Waals surface area contributed by atoms with Crippen LogP contribution in [-0.4, -0.2) is 31.7 Å². The summed E-state index contributed by atoms with van der Waals surface area (Å²) in [4.78, 5) is 10.1. The van der Waals surface area contributed by atoms with Gasteiger partial charge in [0.2, 0.25) is 10.0 Å². The molecular formula is C12H18ClN3O4S. The molecule has 118 valence electrons. The van der Waals surface area contributed by atoms with E-state index in [2.05, 4.69) is 10.0 Å². The molecular weight excluding hydrogens is 318 g/mol. The zero-order valence-corrected chi connectivity index (χ0v) is 13.6. The molecule has 9 heteroatoms. The standard InChI is InChI=1S/C12H18ClN3O4S/c1-12(2,15-21(3,19)20)8-14-7-9-4-5-10(16(17)18)6-11(9)13/h4-6,14-15H,7-8H2,1-3H3. The van der Waals surface area contributed by atoms with Gasteiger partial charge in [-0.1, -0.05) is 11.6 Å². The highest BCUT2D eigenvalue weighted by Gasteiger charge is 2.21. The van der Waals surface area contributed by atoms with Gasteiger partial charge in [0.25, 0.3) is 5.69 Å². The van der Waals surface area contributed by atoms with Crippen molar-refractivity contribution in [2.24, 2.45) is 0 Å². The van der Waals surface area contributed by atoms with Crippen LogP contribution < -0.4 is 10.0 Å². The van der Waals surface area contributed by atoms with E-state index in [1.165, 1.54) is 12.1 Å². The minimum atomic E-state index is -3.29. The summed E-state index contributed by atoms with van der Waals surface area (Å²) in [6, 6.07) is 4.24. The van der Waals surface area contributed by atoms with Gasteiger partial charge < -0.3 is 5.32 Å². The van der Waals surface area contributed by atoms with Gasteiger partial charge in [0, 0.05) is 30.8 Å². The molecule has 0 saturated heterocycles. The van der Waals surface area contributed by atoms with E-state index in [-0.39, 0.29) is 5.69 Å². The molecule has 0 radical (unpaired) electrons. The summed E-state index contributed by atoms with van der Waals surface area (Å²) in [5.74, 6) is 0. The Labute approximate surface area is 128 Å². The van der Waals surface area contributed by atoms with Gasteiger partial charge in [-0.15, -0.1) is 0 Å². The second-order valence-electron chi connectivity index (χ2n) is 5.39. The van der Waals surface area contributed by atoms with E-state index in [0.29, 0.717) is 23.7 Å². The van der Waals surface area contributed by atoms with Crippen molar-refractivity contribution >= 4 is 27.3 Å². The van der Waals surface area contributed by atoms with Crippen LogP contribution in [0.15, 0.2) is 18.2 Å². The second kappa shape index (κ2) is 6.69. The highest BCUT2D eigenvalue weighted by Crippen LogP contribution is 2.22. The first-order valence-corrected chi connectivity index (χ1v) is 8.40. The molecule has 0 unspecified atom stereocenters. The fourth-order valence-corrected chi connectivity index (χ4v) is 3.16. The second-order valence-corrected chi connectivity index (χ2v) is 7.55. The Morgan fingerprint density at radius 2 is 2.00 bits per heavy atom. The zero-order valence-electron chi connectivity index (χ0n) is 12.0. The highest BCUT2D eigenvalue weighted by molar-refractivity contribution is 7.88. The van der Waals surface area contributed by atoms with Crippen LogP contribution in [0.3, 0.4) is 0 Å². The lowest BCUT2D eigenvalue weighted by Crippen LogP contribution is -2.49. The summed E-state index contributed by atoms with van der Waals surface area (Å²) in [6.07, 6.45) is 1.10. The van der Waals surface area contributed by atoms with Crippen molar-refractivity contribution in [3.63, 3.8) is 0 Å². The number of rotatable bonds is 7. The SMILES string of the molecule is CC(C)(CNCc1ccc([N+](=O)[O-])cc1Cl)NS(C)(=O)=O. The van der Waals surface area contributed by atoms with E-state index in [9.17, 15) is 18.5 Å². The summed E-state index contributed by atoms with van der Waals surface area (Å²) in [5, 5.41) is 14.0. The molecule has 0 aliphatic rings. The summed E-state index contributed by atoms with van der Waals surface area (Å²) in [6.45, 7) is 4.26. The Hall–Kier alpha value is -1.22. The lowest BCUT2D eigenvalue weighted by Gasteiger charge is -2.25. The van der Waals surface area contributed by atoms with Gasteiger partial charge in [-0.25, -0.2) is 13.1 Å². The predicted molar refractivity (Wildman–Crippen MR) is 81.9 cm³/mol. The number of sulfonamides is 1. The van der Waals surface area contributed by atoms with E-state index in [1.807, 2.05) is 0 Å². The van der Waals surface area contributed by atoms with Crippen molar-refractivity contribution < 1.29 is 13.3 Å². The molecule has 0 aliphatic heterocycles. The van der Waals surface area contributed by atoms with Gasteiger partial charge in [-0.2, -0.15) is 0 Å². The van der Waals surface area contributed by atoms with Gasteiger partial charge in [0.15, 0.2) is 0 Å². The molecule has 0 aromatic heterocycles. The van der Waals surface area contributed by atoms with Gasteiger partial charge in [-0.05, 0) is 25.5 Å². The van der Waals surface area contributed by atoms with Crippen molar-refractivity contribution in [1.29, 1.82) is 0 Å². The number of nitrogens with one attached hydrogen (secondary N) is 2. The highest BCUT2D eigenvalue weighted by atomic mass is 35.5. The molecule has 0 spiro atoms. The number of nitro groups is 1. The Bertz CT molecular complexity index is 631. The molecule has 1 aromatic rings. The molecule has 0 aliphatic carbocycles. The quantitative estimate of drug-likeness (QED) is 0.583. The molecule has 0 heterocycles. The van der Waals surface area contributed by atoms with Crippen LogP contribution in [0.1, 0.15) is 19.4 Å². The number of non-ortho nitro benzene ring substituents is 1. The average Bonchev–Trinajstić information content (AvgIpc) is 2.27. The van der Waals surface area contributed by atoms with Crippen LogP contribution in [0, 0.1) is 10.1 Å².